The molecule has 0 aliphatic rings. The average molecular weight is 387 g/mol. The molecule has 136 valence electrons. The zero-order valence-electron chi connectivity index (χ0n) is 16.7. The Morgan fingerprint density at radius 3 is 2.33 bits per heavy atom. The second-order valence-corrected chi connectivity index (χ2v) is 17.9. The van der Waals surface area contributed by atoms with Gasteiger partial charge in [0.25, 0.3) is 0 Å². The molecule has 0 aliphatic carbocycles. The van der Waals surface area contributed by atoms with Gasteiger partial charge in [0.15, 0.2) is 0 Å². The van der Waals surface area contributed by atoms with E-state index >= 15 is 0 Å². The topological polar surface area (TPSA) is 36.7 Å². The number of hydrogen-bond donors (Lipinski definition) is 0. The van der Waals surface area contributed by atoms with Gasteiger partial charge in [0.2, 0.25) is 0 Å². The maximum Gasteiger partial charge on any atom is 0.114 e. The van der Waals surface area contributed by atoms with Crippen molar-refractivity contribution < 1.29 is 0 Å². The van der Waals surface area contributed by atoms with E-state index in [-0.39, 0.29) is 0 Å². The van der Waals surface area contributed by atoms with E-state index in [1.807, 2.05) is 30.5 Å². The van der Waals surface area contributed by atoms with E-state index in [4.69, 9.17) is 4.98 Å². The van der Waals surface area contributed by atoms with Gasteiger partial charge in [-0.15, -0.1) is 0 Å². The van der Waals surface area contributed by atoms with Gasteiger partial charge < -0.3 is 0 Å². The first-order chi connectivity index (χ1) is 12.7. The molecule has 4 heteroatoms. The lowest BCUT2D eigenvalue weighted by Crippen LogP contribution is -2.45. The van der Waals surface area contributed by atoms with E-state index in [1.54, 1.807) is 0 Å². The first kappa shape index (κ1) is 19.3. The number of para-hydroxylation sites is 1. The van der Waals surface area contributed by atoms with Crippen molar-refractivity contribution in [3.8, 4) is 6.07 Å². The summed E-state index contributed by atoms with van der Waals surface area (Å²) in [5.41, 5.74) is 5.44. The van der Waals surface area contributed by atoms with Gasteiger partial charge in [-0.1, -0.05) is 86.1 Å². The van der Waals surface area contributed by atoms with Crippen LogP contribution in [0.3, 0.4) is 0 Å². The zero-order chi connectivity index (χ0) is 19.7. The molecule has 0 amide bonds. The third kappa shape index (κ3) is 3.95. The molecule has 27 heavy (non-hydrogen) atoms. The molecule has 2 nitrogen and oxygen atoms in total. The second kappa shape index (κ2) is 7.26. The molecular weight excluding hydrogens is 360 g/mol. The van der Waals surface area contributed by atoms with E-state index in [2.05, 4.69) is 74.8 Å². The van der Waals surface area contributed by atoms with Crippen molar-refractivity contribution in [2.75, 3.05) is 0 Å². The van der Waals surface area contributed by atoms with Crippen LogP contribution in [0.1, 0.15) is 11.1 Å². The van der Waals surface area contributed by atoms with Gasteiger partial charge in [0, 0.05) is 11.6 Å². The number of rotatable bonds is 4. The standard InChI is InChI=1S/C23H26N2Si2/c1-26(2,3)17-22(20-13-7-6-10-19(20)16-24)27(4,5)21-14-8-11-18-12-9-15-25-23(18)21/h6-15,17H,1-5H3/b22-17+. The predicted molar refractivity (Wildman–Crippen MR) is 121 cm³/mol. The molecular formula is C23H26N2Si2. The van der Waals surface area contributed by atoms with Crippen molar-refractivity contribution in [2.45, 2.75) is 32.7 Å². The number of aromatic nitrogens is 1. The van der Waals surface area contributed by atoms with Gasteiger partial charge in [0.05, 0.1) is 25.2 Å². The van der Waals surface area contributed by atoms with E-state index in [9.17, 15) is 5.26 Å². The Kier molecular flexibility index (Phi) is 5.19. The van der Waals surface area contributed by atoms with Crippen LogP contribution in [0, 0.1) is 11.3 Å². The minimum absolute atomic E-state index is 0.760. The van der Waals surface area contributed by atoms with E-state index in [0.717, 1.165) is 16.6 Å². The van der Waals surface area contributed by atoms with Gasteiger partial charge >= 0.3 is 0 Å². The van der Waals surface area contributed by atoms with Crippen LogP contribution in [0.4, 0.5) is 0 Å². The fourth-order valence-electron chi connectivity index (χ4n) is 3.60. The smallest absolute Gasteiger partial charge is 0.114 e. The highest BCUT2D eigenvalue weighted by Crippen LogP contribution is 2.31. The van der Waals surface area contributed by atoms with E-state index in [1.165, 1.54) is 15.8 Å². The fourth-order valence-corrected chi connectivity index (χ4v) is 9.86. The Hall–Kier alpha value is -2.49. The van der Waals surface area contributed by atoms with Crippen LogP contribution in [0.15, 0.2) is 66.5 Å². The number of nitriles is 1. The quantitative estimate of drug-likeness (QED) is 0.553. The van der Waals surface area contributed by atoms with Crippen molar-refractivity contribution in [3.63, 3.8) is 0 Å². The number of hydrogen-bond acceptors (Lipinski definition) is 2. The minimum atomic E-state index is -2.09. The Bertz CT molecular complexity index is 1050. The maximum atomic E-state index is 9.71. The van der Waals surface area contributed by atoms with Crippen molar-refractivity contribution in [1.82, 2.24) is 4.98 Å². The lowest BCUT2D eigenvalue weighted by molar-refractivity contribution is 1.42. The van der Waals surface area contributed by atoms with Crippen LogP contribution in [-0.2, 0) is 0 Å². The molecule has 0 aliphatic heterocycles. The van der Waals surface area contributed by atoms with Crippen LogP contribution in [0.5, 0.6) is 0 Å². The Balaban J connectivity index is 2.32. The molecule has 0 bridgehead atoms. The zero-order valence-corrected chi connectivity index (χ0v) is 18.7. The molecule has 0 saturated carbocycles. The molecule has 3 rings (SSSR count). The molecule has 3 aromatic rings. The van der Waals surface area contributed by atoms with Crippen molar-refractivity contribution in [1.29, 1.82) is 5.26 Å². The normalized spacial score (nSPS) is 12.8. The summed E-state index contributed by atoms with van der Waals surface area (Å²) in [7, 11) is -3.60. The van der Waals surface area contributed by atoms with Crippen LogP contribution >= 0.6 is 0 Å². The largest absolute Gasteiger partial charge is 0.256 e. The number of benzene rings is 2. The van der Waals surface area contributed by atoms with E-state index in [0.29, 0.717) is 0 Å². The second-order valence-electron chi connectivity index (χ2n) is 8.59. The number of fused-ring (bicyclic) bond motifs is 1. The molecule has 2 aromatic carbocycles. The highest BCUT2D eigenvalue weighted by atomic mass is 28.3. The van der Waals surface area contributed by atoms with Gasteiger partial charge in [-0.3, -0.25) is 4.98 Å². The summed E-state index contributed by atoms with van der Waals surface area (Å²) in [6, 6.07) is 21.0. The molecule has 0 unspecified atom stereocenters. The van der Waals surface area contributed by atoms with Crippen LogP contribution < -0.4 is 5.19 Å². The molecule has 0 N–H and O–H groups in total. The summed E-state index contributed by atoms with van der Waals surface area (Å²) >= 11 is 0. The lowest BCUT2D eigenvalue weighted by atomic mass is 10.1. The minimum Gasteiger partial charge on any atom is -0.256 e. The summed E-state index contributed by atoms with van der Waals surface area (Å²) in [6.45, 7) is 11.8. The van der Waals surface area contributed by atoms with Crippen LogP contribution in [-0.4, -0.2) is 21.1 Å². The summed E-state index contributed by atoms with van der Waals surface area (Å²) in [5, 5.41) is 13.6. The molecule has 0 atom stereocenters. The molecule has 0 fully saturated rings. The van der Waals surface area contributed by atoms with Crippen molar-refractivity contribution in [2.24, 2.45) is 0 Å². The monoisotopic (exact) mass is 386 g/mol. The lowest BCUT2D eigenvalue weighted by Gasteiger charge is -2.30. The maximum absolute atomic E-state index is 9.71. The molecule has 1 aromatic heterocycles. The van der Waals surface area contributed by atoms with Gasteiger partial charge in [-0.05, 0) is 22.9 Å². The molecule has 0 radical (unpaired) electrons. The first-order valence-electron chi connectivity index (χ1n) is 9.31. The number of pyridine rings is 1. The number of nitrogens with zero attached hydrogens (tertiary/aromatic N) is 2. The summed E-state index contributed by atoms with van der Waals surface area (Å²) in [5.74, 6) is 0. The third-order valence-corrected chi connectivity index (χ3v) is 9.85. The Morgan fingerprint density at radius 2 is 1.63 bits per heavy atom. The third-order valence-electron chi connectivity index (χ3n) is 4.89. The van der Waals surface area contributed by atoms with Crippen LogP contribution in [0.2, 0.25) is 32.7 Å². The molecule has 0 spiro atoms. The van der Waals surface area contributed by atoms with E-state index < -0.39 is 16.1 Å². The first-order valence-corrected chi connectivity index (χ1v) is 15.9. The molecule has 0 saturated heterocycles. The van der Waals surface area contributed by atoms with Gasteiger partial charge in [-0.2, -0.15) is 5.26 Å². The van der Waals surface area contributed by atoms with Gasteiger partial charge in [0.1, 0.15) is 8.07 Å². The fraction of sp³-hybridized carbons (Fsp3) is 0.217. The highest BCUT2D eigenvalue weighted by molar-refractivity contribution is 7.07. The Morgan fingerprint density at radius 1 is 0.926 bits per heavy atom. The van der Waals surface area contributed by atoms with Gasteiger partial charge in [-0.25, -0.2) is 0 Å². The van der Waals surface area contributed by atoms with Crippen LogP contribution in [0.25, 0.3) is 16.1 Å². The summed E-state index contributed by atoms with van der Waals surface area (Å²) in [6.07, 6.45) is 1.88. The Labute approximate surface area is 164 Å². The average Bonchev–Trinajstić information content (AvgIpc) is 2.65. The highest BCUT2D eigenvalue weighted by Gasteiger charge is 2.33. The van der Waals surface area contributed by atoms with Crippen molar-refractivity contribution >= 4 is 37.4 Å². The predicted octanol–water partition coefficient (Wildman–Crippen LogP) is 5.52. The SMILES string of the molecule is C[Si](C)(C)/C=C(\c1ccccc1C#N)[Si](C)(C)c1cccc2cccnc12. The summed E-state index contributed by atoms with van der Waals surface area (Å²) < 4.78 is 0. The molecule has 1 heterocycles. The van der Waals surface area contributed by atoms with Crippen molar-refractivity contribution in [3.05, 3.63) is 77.6 Å². The summed E-state index contributed by atoms with van der Waals surface area (Å²) in [4.78, 5) is 4.72.